The van der Waals surface area contributed by atoms with E-state index in [1.54, 1.807) is 11.1 Å². The average Bonchev–Trinajstić information content (AvgIpc) is 2.80. The van der Waals surface area contributed by atoms with E-state index in [1.165, 1.54) is 0 Å². The number of ketones is 1. The Morgan fingerprint density at radius 3 is 2.54 bits per heavy atom. The largest absolute Gasteiger partial charge is 0.444 e. The van der Waals surface area contributed by atoms with Crippen molar-refractivity contribution in [1.82, 2.24) is 14.9 Å². The molecule has 0 radical (unpaired) electrons. The van der Waals surface area contributed by atoms with Crippen LogP contribution < -0.4 is 4.90 Å². The summed E-state index contributed by atoms with van der Waals surface area (Å²) in [6, 6.07) is 0. The zero-order chi connectivity index (χ0) is 17.5. The van der Waals surface area contributed by atoms with E-state index in [-0.39, 0.29) is 17.8 Å². The van der Waals surface area contributed by atoms with Crippen LogP contribution in [0.2, 0.25) is 0 Å². The van der Waals surface area contributed by atoms with E-state index >= 15 is 0 Å². The van der Waals surface area contributed by atoms with E-state index in [1.807, 2.05) is 27.7 Å². The molecule has 7 heteroatoms. The van der Waals surface area contributed by atoms with Gasteiger partial charge in [-0.1, -0.05) is 6.92 Å². The third-order valence-corrected chi connectivity index (χ3v) is 4.39. The zero-order valence-electron chi connectivity index (χ0n) is 14.7. The second kappa shape index (κ2) is 6.03. The smallest absolute Gasteiger partial charge is 0.410 e. The third kappa shape index (κ3) is 3.34. The molecule has 1 aromatic rings. The SMILES string of the molecule is C[C@H]1C(=O)Cc2nc(N3CCN(C(=O)OC(C)(C)C)CC3)ncc21. The molecule has 1 fully saturated rings. The lowest BCUT2D eigenvalue weighted by Gasteiger charge is -2.35. The van der Waals surface area contributed by atoms with E-state index in [0.29, 0.717) is 38.5 Å². The second-order valence-electron chi connectivity index (χ2n) is 7.39. The van der Waals surface area contributed by atoms with Gasteiger partial charge in [-0.3, -0.25) is 4.79 Å². The minimum atomic E-state index is -0.486. The summed E-state index contributed by atoms with van der Waals surface area (Å²) in [5, 5.41) is 0. The summed E-state index contributed by atoms with van der Waals surface area (Å²) in [6.45, 7) is 9.95. The number of ether oxygens (including phenoxy) is 1. The van der Waals surface area contributed by atoms with E-state index in [2.05, 4.69) is 14.9 Å². The Morgan fingerprint density at radius 1 is 1.25 bits per heavy atom. The Labute approximate surface area is 142 Å². The Kier molecular flexibility index (Phi) is 4.19. The van der Waals surface area contributed by atoms with Crippen LogP contribution in [-0.2, 0) is 16.0 Å². The van der Waals surface area contributed by atoms with Crippen LogP contribution in [-0.4, -0.2) is 58.5 Å². The van der Waals surface area contributed by atoms with Crippen LogP contribution in [0.3, 0.4) is 0 Å². The number of hydrogen-bond donors (Lipinski definition) is 0. The van der Waals surface area contributed by atoms with E-state index in [4.69, 9.17) is 4.74 Å². The van der Waals surface area contributed by atoms with Gasteiger partial charge in [0.15, 0.2) is 0 Å². The number of rotatable bonds is 1. The van der Waals surface area contributed by atoms with Gasteiger partial charge in [0.1, 0.15) is 11.4 Å². The Morgan fingerprint density at radius 2 is 1.92 bits per heavy atom. The molecule has 0 spiro atoms. The predicted octanol–water partition coefficient (Wildman–Crippen LogP) is 1.76. The van der Waals surface area contributed by atoms with Crippen LogP contribution in [0.15, 0.2) is 6.20 Å². The fourth-order valence-electron chi connectivity index (χ4n) is 2.98. The topological polar surface area (TPSA) is 75.6 Å². The van der Waals surface area contributed by atoms with E-state index in [9.17, 15) is 9.59 Å². The van der Waals surface area contributed by atoms with Gasteiger partial charge in [-0.2, -0.15) is 0 Å². The van der Waals surface area contributed by atoms with E-state index in [0.717, 1.165) is 11.3 Å². The molecule has 2 aliphatic rings. The summed E-state index contributed by atoms with van der Waals surface area (Å²) in [4.78, 5) is 36.7. The van der Waals surface area contributed by atoms with Crippen LogP contribution in [0, 0.1) is 0 Å². The molecule has 1 saturated heterocycles. The summed E-state index contributed by atoms with van der Waals surface area (Å²) in [6.07, 6.45) is 1.88. The molecule has 1 atom stereocenters. The Balaban J connectivity index is 1.63. The van der Waals surface area contributed by atoms with Crippen molar-refractivity contribution in [2.24, 2.45) is 0 Å². The molecule has 7 nitrogen and oxygen atoms in total. The summed E-state index contributed by atoms with van der Waals surface area (Å²) in [5.74, 6) is 0.740. The van der Waals surface area contributed by atoms with Gasteiger partial charge < -0.3 is 14.5 Å². The van der Waals surface area contributed by atoms with Crippen molar-refractivity contribution >= 4 is 17.8 Å². The number of Topliss-reactive ketones (excluding diaryl/α,β-unsaturated/α-hetero) is 1. The molecule has 0 aromatic carbocycles. The maximum Gasteiger partial charge on any atom is 0.410 e. The molecule has 0 unspecified atom stereocenters. The van der Waals surface area contributed by atoms with Crippen molar-refractivity contribution in [3.63, 3.8) is 0 Å². The molecule has 1 aromatic heterocycles. The Bertz CT molecular complexity index is 660. The number of nitrogens with zero attached hydrogens (tertiary/aromatic N) is 4. The molecule has 1 amide bonds. The highest BCUT2D eigenvalue weighted by molar-refractivity contribution is 5.91. The van der Waals surface area contributed by atoms with Gasteiger partial charge in [-0.15, -0.1) is 0 Å². The summed E-state index contributed by atoms with van der Waals surface area (Å²) >= 11 is 0. The molecule has 0 bridgehead atoms. The molecule has 2 heterocycles. The van der Waals surface area contributed by atoms with E-state index < -0.39 is 5.60 Å². The molecule has 1 aliphatic carbocycles. The molecule has 0 saturated carbocycles. The first kappa shape index (κ1) is 16.7. The third-order valence-electron chi connectivity index (χ3n) is 4.39. The normalized spacial score (nSPS) is 21.0. The summed E-state index contributed by atoms with van der Waals surface area (Å²) in [5.41, 5.74) is 1.30. The number of aromatic nitrogens is 2. The maximum atomic E-state index is 12.1. The lowest BCUT2D eigenvalue weighted by molar-refractivity contribution is -0.118. The first-order valence-electron chi connectivity index (χ1n) is 8.36. The van der Waals surface area contributed by atoms with Crippen molar-refractivity contribution in [3.05, 3.63) is 17.5 Å². The first-order chi connectivity index (χ1) is 11.2. The minimum Gasteiger partial charge on any atom is -0.444 e. The van der Waals surface area contributed by atoms with Gasteiger partial charge >= 0.3 is 6.09 Å². The van der Waals surface area contributed by atoms with Crippen molar-refractivity contribution in [2.75, 3.05) is 31.1 Å². The first-order valence-corrected chi connectivity index (χ1v) is 8.36. The lowest BCUT2D eigenvalue weighted by Crippen LogP contribution is -2.50. The fraction of sp³-hybridized carbons (Fsp3) is 0.647. The monoisotopic (exact) mass is 332 g/mol. The standard InChI is InChI=1S/C17H24N4O3/c1-11-12-10-18-15(19-13(12)9-14(11)22)20-5-7-21(8-6-20)16(23)24-17(2,3)4/h10-11H,5-9H2,1-4H3/t11-/m1/s1. The highest BCUT2D eigenvalue weighted by Gasteiger charge is 2.31. The maximum absolute atomic E-state index is 12.1. The molecular weight excluding hydrogens is 308 g/mol. The molecule has 3 rings (SSSR count). The number of amides is 1. The average molecular weight is 332 g/mol. The predicted molar refractivity (Wildman–Crippen MR) is 89.2 cm³/mol. The Hall–Kier alpha value is -2.18. The van der Waals surface area contributed by atoms with Crippen LogP contribution in [0.25, 0.3) is 0 Å². The van der Waals surface area contributed by atoms with Gasteiger partial charge in [0, 0.05) is 50.3 Å². The lowest BCUT2D eigenvalue weighted by atomic mass is 10.1. The number of fused-ring (bicyclic) bond motifs is 1. The second-order valence-corrected chi connectivity index (χ2v) is 7.39. The van der Waals surface area contributed by atoms with Crippen molar-refractivity contribution < 1.29 is 14.3 Å². The highest BCUT2D eigenvalue weighted by Crippen LogP contribution is 2.29. The van der Waals surface area contributed by atoms with Crippen LogP contribution in [0.1, 0.15) is 44.9 Å². The number of hydrogen-bond acceptors (Lipinski definition) is 6. The van der Waals surface area contributed by atoms with Gasteiger partial charge in [0.05, 0.1) is 5.69 Å². The molecule has 130 valence electrons. The highest BCUT2D eigenvalue weighted by atomic mass is 16.6. The number of anilines is 1. The molecule has 24 heavy (non-hydrogen) atoms. The fourth-order valence-corrected chi connectivity index (χ4v) is 2.98. The van der Waals surface area contributed by atoms with Crippen molar-refractivity contribution in [2.45, 2.75) is 45.6 Å². The zero-order valence-corrected chi connectivity index (χ0v) is 14.7. The summed E-state index contributed by atoms with van der Waals surface area (Å²) in [7, 11) is 0. The quantitative estimate of drug-likeness (QED) is 0.780. The van der Waals surface area contributed by atoms with Gasteiger partial charge in [0.25, 0.3) is 0 Å². The number of piperazine rings is 1. The number of carbonyl (C=O) groups excluding carboxylic acids is 2. The van der Waals surface area contributed by atoms with Gasteiger partial charge in [-0.25, -0.2) is 14.8 Å². The van der Waals surface area contributed by atoms with Crippen LogP contribution in [0.4, 0.5) is 10.7 Å². The molecule has 1 aliphatic heterocycles. The van der Waals surface area contributed by atoms with Gasteiger partial charge in [-0.05, 0) is 20.8 Å². The number of carbonyl (C=O) groups is 2. The van der Waals surface area contributed by atoms with Gasteiger partial charge in [0.2, 0.25) is 5.95 Å². The van der Waals surface area contributed by atoms with Crippen LogP contribution >= 0.6 is 0 Å². The summed E-state index contributed by atoms with van der Waals surface area (Å²) < 4.78 is 5.40. The van der Waals surface area contributed by atoms with Crippen molar-refractivity contribution in [3.8, 4) is 0 Å². The molecular formula is C17H24N4O3. The van der Waals surface area contributed by atoms with Crippen LogP contribution in [0.5, 0.6) is 0 Å². The minimum absolute atomic E-state index is 0.0990. The van der Waals surface area contributed by atoms with Crippen molar-refractivity contribution in [1.29, 1.82) is 0 Å². The molecule has 0 N–H and O–H groups in total.